The molecule has 0 spiro atoms. The van der Waals surface area contributed by atoms with Gasteiger partial charge in [0.1, 0.15) is 13.8 Å². The molecule has 1 nitrogen and oxygen atoms in total. The van der Waals surface area contributed by atoms with Gasteiger partial charge in [-0.05, 0) is 24.7 Å². The standard InChI is InChI=1S/C9H16N/c1-10(2)9-5-7-3-4-8(7)6-9/h7-9H,1,3-6H2,2H3/q+1. The second-order valence-corrected chi connectivity index (χ2v) is 3.98. The van der Waals surface area contributed by atoms with Crippen molar-refractivity contribution in [3.8, 4) is 0 Å². The molecule has 0 radical (unpaired) electrons. The Bertz CT molecular complexity index is 150. The Hall–Kier alpha value is -0.330. The van der Waals surface area contributed by atoms with E-state index in [2.05, 4.69) is 18.3 Å². The molecular weight excluding hydrogens is 122 g/mol. The normalized spacial score (nSPS) is 44.3. The molecule has 10 heavy (non-hydrogen) atoms. The predicted octanol–water partition coefficient (Wildman–Crippen LogP) is 1.52. The second kappa shape index (κ2) is 2.08. The van der Waals surface area contributed by atoms with Gasteiger partial charge in [0.2, 0.25) is 0 Å². The van der Waals surface area contributed by atoms with Crippen LogP contribution in [0.4, 0.5) is 0 Å². The zero-order chi connectivity index (χ0) is 7.14. The summed E-state index contributed by atoms with van der Waals surface area (Å²) in [5.74, 6) is 2.16. The number of nitrogens with zero attached hydrogens (tertiary/aromatic N) is 1. The lowest BCUT2D eigenvalue weighted by Crippen LogP contribution is -2.18. The highest BCUT2D eigenvalue weighted by atomic mass is 15.0. The second-order valence-electron chi connectivity index (χ2n) is 3.98. The summed E-state index contributed by atoms with van der Waals surface area (Å²) in [6.07, 6.45) is 5.83. The molecule has 1 heteroatoms. The van der Waals surface area contributed by atoms with E-state index >= 15 is 0 Å². The fourth-order valence-corrected chi connectivity index (χ4v) is 2.41. The molecule has 2 aliphatic rings. The third-order valence-corrected chi connectivity index (χ3v) is 3.35. The topological polar surface area (TPSA) is 3.01 Å². The summed E-state index contributed by atoms with van der Waals surface area (Å²) in [7, 11) is 2.11. The predicted molar refractivity (Wildman–Crippen MR) is 42.5 cm³/mol. The summed E-state index contributed by atoms with van der Waals surface area (Å²) in [5.41, 5.74) is 0. The van der Waals surface area contributed by atoms with Gasteiger partial charge in [0, 0.05) is 12.8 Å². The van der Waals surface area contributed by atoms with Crippen molar-refractivity contribution in [2.24, 2.45) is 11.8 Å². The van der Waals surface area contributed by atoms with Crippen LogP contribution in [0.25, 0.3) is 0 Å². The van der Waals surface area contributed by atoms with Crippen LogP contribution in [0.1, 0.15) is 25.7 Å². The van der Waals surface area contributed by atoms with Gasteiger partial charge in [-0.3, -0.25) is 0 Å². The number of hydrogen-bond acceptors (Lipinski definition) is 0. The Morgan fingerprint density at radius 1 is 1.20 bits per heavy atom. The molecule has 2 saturated carbocycles. The molecule has 2 fully saturated rings. The Kier molecular flexibility index (Phi) is 1.33. The molecule has 56 valence electrons. The van der Waals surface area contributed by atoms with Crippen LogP contribution in [0.5, 0.6) is 0 Å². The first kappa shape index (κ1) is 6.38. The number of fused-ring (bicyclic) bond motifs is 1. The molecule has 2 aliphatic carbocycles. The zero-order valence-corrected chi connectivity index (χ0v) is 6.71. The van der Waals surface area contributed by atoms with Crippen molar-refractivity contribution in [3.63, 3.8) is 0 Å². The molecule has 2 unspecified atom stereocenters. The smallest absolute Gasteiger partial charge is 0.152 e. The van der Waals surface area contributed by atoms with Gasteiger partial charge in [-0.15, -0.1) is 0 Å². The van der Waals surface area contributed by atoms with Gasteiger partial charge in [0.05, 0.1) is 0 Å². The first-order valence-corrected chi connectivity index (χ1v) is 4.30. The maximum atomic E-state index is 3.95. The summed E-state index contributed by atoms with van der Waals surface area (Å²) in [6.45, 7) is 3.95. The van der Waals surface area contributed by atoms with E-state index in [9.17, 15) is 0 Å². The summed E-state index contributed by atoms with van der Waals surface area (Å²) < 4.78 is 2.15. The van der Waals surface area contributed by atoms with Crippen LogP contribution in [-0.2, 0) is 0 Å². The van der Waals surface area contributed by atoms with E-state index < -0.39 is 0 Å². The first-order valence-electron chi connectivity index (χ1n) is 4.30. The van der Waals surface area contributed by atoms with E-state index in [4.69, 9.17) is 0 Å². The average molecular weight is 138 g/mol. The van der Waals surface area contributed by atoms with Crippen LogP contribution < -0.4 is 0 Å². The third kappa shape index (κ3) is 0.799. The van der Waals surface area contributed by atoms with E-state index in [1.165, 1.54) is 25.7 Å². The molecule has 0 aromatic heterocycles. The average Bonchev–Trinajstić information content (AvgIpc) is 2.09. The van der Waals surface area contributed by atoms with Crippen molar-refractivity contribution in [1.82, 2.24) is 0 Å². The molecule has 0 saturated heterocycles. The first-order chi connectivity index (χ1) is 4.77. The van der Waals surface area contributed by atoms with Crippen LogP contribution in [-0.4, -0.2) is 24.4 Å². The molecule has 0 N–H and O–H groups in total. The minimum absolute atomic E-state index is 0.803. The third-order valence-electron chi connectivity index (χ3n) is 3.35. The van der Waals surface area contributed by atoms with E-state index in [0.717, 1.165) is 17.9 Å². The SMILES string of the molecule is C=[N+](C)C1CC2CCC2C1. The van der Waals surface area contributed by atoms with E-state index in [-0.39, 0.29) is 0 Å². The summed E-state index contributed by atoms with van der Waals surface area (Å²) in [5, 5.41) is 0. The van der Waals surface area contributed by atoms with E-state index in [1.54, 1.807) is 0 Å². The lowest BCUT2D eigenvalue weighted by Gasteiger charge is -2.28. The Balaban J connectivity index is 1.98. The molecule has 0 bridgehead atoms. The van der Waals surface area contributed by atoms with Crippen LogP contribution >= 0.6 is 0 Å². The lowest BCUT2D eigenvalue weighted by molar-refractivity contribution is -0.528. The van der Waals surface area contributed by atoms with Crippen molar-refractivity contribution in [2.45, 2.75) is 31.7 Å². The highest BCUT2D eigenvalue weighted by Gasteiger charge is 2.43. The van der Waals surface area contributed by atoms with Crippen LogP contribution in [0.3, 0.4) is 0 Å². The fourth-order valence-electron chi connectivity index (χ4n) is 2.41. The minimum Gasteiger partial charge on any atom is -0.242 e. The van der Waals surface area contributed by atoms with Gasteiger partial charge < -0.3 is 0 Å². The van der Waals surface area contributed by atoms with Gasteiger partial charge >= 0.3 is 0 Å². The molecular formula is C9H16N+. The van der Waals surface area contributed by atoms with Crippen molar-refractivity contribution >= 4 is 6.72 Å². The maximum Gasteiger partial charge on any atom is 0.152 e. The zero-order valence-electron chi connectivity index (χ0n) is 6.71. The largest absolute Gasteiger partial charge is 0.242 e. The highest BCUT2D eigenvalue weighted by molar-refractivity contribution is 5.14. The molecule has 0 aromatic carbocycles. The van der Waals surface area contributed by atoms with Crippen molar-refractivity contribution < 1.29 is 4.58 Å². The number of rotatable bonds is 1. The van der Waals surface area contributed by atoms with Crippen molar-refractivity contribution in [1.29, 1.82) is 0 Å². The summed E-state index contributed by atoms with van der Waals surface area (Å²) >= 11 is 0. The minimum atomic E-state index is 0.803. The Labute approximate surface area is 62.8 Å². The molecule has 2 atom stereocenters. The van der Waals surface area contributed by atoms with Crippen LogP contribution in [0.15, 0.2) is 0 Å². The summed E-state index contributed by atoms with van der Waals surface area (Å²) in [4.78, 5) is 0. The highest BCUT2D eigenvalue weighted by Crippen LogP contribution is 2.47. The van der Waals surface area contributed by atoms with Crippen LogP contribution in [0.2, 0.25) is 0 Å². The Morgan fingerprint density at radius 2 is 1.70 bits per heavy atom. The summed E-state index contributed by atoms with van der Waals surface area (Å²) in [6, 6.07) is 0.803. The molecule has 2 rings (SSSR count). The van der Waals surface area contributed by atoms with E-state index in [1.807, 2.05) is 0 Å². The molecule has 0 heterocycles. The molecule has 0 aliphatic heterocycles. The molecule has 0 amide bonds. The number of hydrogen-bond donors (Lipinski definition) is 0. The van der Waals surface area contributed by atoms with Crippen molar-refractivity contribution in [3.05, 3.63) is 0 Å². The maximum absolute atomic E-state index is 3.95. The van der Waals surface area contributed by atoms with Crippen LogP contribution in [0, 0.1) is 11.8 Å². The molecule has 0 aromatic rings. The fraction of sp³-hybridized carbons (Fsp3) is 0.889. The van der Waals surface area contributed by atoms with Gasteiger partial charge in [0.25, 0.3) is 0 Å². The van der Waals surface area contributed by atoms with Gasteiger partial charge in [-0.1, -0.05) is 0 Å². The lowest BCUT2D eigenvalue weighted by atomic mass is 9.77. The monoisotopic (exact) mass is 138 g/mol. The quantitative estimate of drug-likeness (QED) is 0.382. The van der Waals surface area contributed by atoms with E-state index in [0.29, 0.717) is 0 Å². The van der Waals surface area contributed by atoms with Gasteiger partial charge in [-0.2, -0.15) is 0 Å². The van der Waals surface area contributed by atoms with Crippen molar-refractivity contribution in [2.75, 3.05) is 7.05 Å². The van der Waals surface area contributed by atoms with Gasteiger partial charge in [0.15, 0.2) is 6.04 Å². The Morgan fingerprint density at radius 3 is 2.00 bits per heavy atom. The van der Waals surface area contributed by atoms with Gasteiger partial charge in [-0.25, -0.2) is 4.58 Å².